The van der Waals surface area contributed by atoms with Crippen molar-refractivity contribution in [1.29, 1.82) is 0 Å². The first-order valence-electron chi connectivity index (χ1n) is 5.89. The normalized spacial score (nSPS) is 32.4. The van der Waals surface area contributed by atoms with Gasteiger partial charge in [0.05, 0.1) is 24.7 Å². The highest BCUT2D eigenvalue weighted by Gasteiger charge is 2.46. The molecule has 0 saturated carbocycles. The third kappa shape index (κ3) is 2.47. The molecule has 19 heavy (non-hydrogen) atoms. The van der Waals surface area contributed by atoms with Gasteiger partial charge in [-0.3, -0.25) is 14.3 Å². The van der Waals surface area contributed by atoms with Gasteiger partial charge < -0.3 is 20.1 Å². The molecular weight excluding hydrogens is 256 g/mol. The van der Waals surface area contributed by atoms with E-state index in [0.717, 1.165) is 10.6 Å². The molecule has 1 aromatic rings. The maximum absolute atomic E-state index is 11.7. The van der Waals surface area contributed by atoms with Crippen LogP contribution in [0.2, 0.25) is 0 Å². The molecule has 5 atom stereocenters. The fourth-order valence-corrected chi connectivity index (χ4v) is 2.32. The predicted octanol–water partition coefficient (Wildman–Crippen LogP) is -2.22. The van der Waals surface area contributed by atoms with Crippen LogP contribution in [0.3, 0.4) is 0 Å². The number of aliphatic hydroxyl groups excluding tert-OH is 3. The van der Waals surface area contributed by atoms with Crippen molar-refractivity contribution in [1.82, 2.24) is 9.55 Å². The third-order valence-corrected chi connectivity index (χ3v) is 3.28. The quantitative estimate of drug-likeness (QED) is 0.494. The Kier molecular flexibility index (Phi) is 3.85. The Bertz CT molecular complexity index is 551. The van der Waals surface area contributed by atoms with Crippen molar-refractivity contribution >= 4 is 0 Å². The molecule has 8 heteroatoms. The molecule has 0 spiro atoms. The lowest BCUT2D eigenvalue weighted by Gasteiger charge is -2.23. The molecule has 0 aliphatic carbocycles. The van der Waals surface area contributed by atoms with E-state index in [1.807, 2.05) is 0 Å². The van der Waals surface area contributed by atoms with E-state index < -0.39 is 48.3 Å². The van der Waals surface area contributed by atoms with Gasteiger partial charge in [0.2, 0.25) is 0 Å². The molecule has 0 radical (unpaired) electrons. The van der Waals surface area contributed by atoms with Gasteiger partial charge in [0, 0.05) is 12.3 Å². The zero-order valence-corrected chi connectivity index (χ0v) is 10.3. The highest BCUT2D eigenvalue weighted by Crippen LogP contribution is 2.35. The van der Waals surface area contributed by atoms with Crippen LogP contribution in [-0.4, -0.2) is 49.8 Å². The molecule has 0 amide bonds. The van der Waals surface area contributed by atoms with Crippen molar-refractivity contribution in [2.45, 2.75) is 31.5 Å². The number of H-pyrrole nitrogens is 1. The van der Waals surface area contributed by atoms with Crippen molar-refractivity contribution in [3.63, 3.8) is 0 Å². The van der Waals surface area contributed by atoms with E-state index in [-0.39, 0.29) is 0 Å². The number of aromatic amines is 1. The predicted molar refractivity (Wildman–Crippen MR) is 63.5 cm³/mol. The summed E-state index contributed by atoms with van der Waals surface area (Å²) >= 11 is 0. The van der Waals surface area contributed by atoms with Crippen LogP contribution in [0.4, 0.5) is 0 Å². The highest BCUT2D eigenvalue weighted by molar-refractivity contribution is 4.94. The molecular formula is C11H16N2O6. The summed E-state index contributed by atoms with van der Waals surface area (Å²) in [6.07, 6.45) is -2.66. The molecule has 1 aromatic heterocycles. The lowest BCUT2D eigenvalue weighted by atomic mass is 9.94. The van der Waals surface area contributed by atoms with E-state index in [2.05, 4.69) is 4.98 Å². The van der Waals surface area contributed by atoms with Crippen molar-refractivity contribution in [2.24, 2.45) is 5.92 Å². The number of rotatable bonds is 3. The van der Waals surface area contributed by atoms with Crippen molar-refractivity contribution < 1.29 is 20.1 Å². The van der Waals surface area contributed by atoms with Crippen LogP contribution in [0.25, 0.3) is 0 Å². The summed E-state index contributed by atoms with van der Waals surface area (Å²) in [5, 5.41) is 28.8. The fourth-order valence-electron chi connectivity index (χ4n) is 2.32. The molecule has 106 valence electrons. The molecule has 1 aliphatic heterocycles. The lowest BCUT2D eigenvalue weighted by molar-refractivity contribution is -0.0534. The molecule has 8 nitrogen and oxygen atoms in total. The number of aromatic nitrogens is 2. The van der Waals surface area contributed by atoms with Crippen molar-refractivity contribution in [3.05, 3.63) is 33.1 Å². The minimum absolute atomic E-state index is 0.432. The molecule has 1 saturated heterocycles. The van der Waals surface area contributed by atoms with Crippen LogP contribution in [0.1, 0.15) is 13.2 Å². The molecule has 1 fully saturated rings. The summed E-state index contributed by atoms with van der Waals surface area (Å²) in [7, 11) is 0. The monoisotopic (exact) mass is 272 g/mol. The summed E-state index contributed by atoms with van der Waals surface area (Å²) in [6, 6.07) is 1.14. The topological polar surface area (TPSA) is 125 Å². The van der Waals surface area contributed by atoms with Crippen LogP contribution < -0.4 is 11.2 Å². The van der Waals surface area contributed by atoms with Gasteiger partial charge in [0.25, 0.3) is 5.56 Å². The number of ether oxygens (including phenoxy) is 1. The van der Waals surface area contributed by atoms with E-state index in [1.54, 1.807) is 0 Å². The standard InChI is InChI=1S/C11H16N2O6/c1-5(15)8-9(17)6(4-14)19-10(8)13-3-2-7(16)12-11(13)18/h2-3,5-6,8-10,14-15,17H,4H2,1H3,(H,12,16,18)/t5?,6-,8?,9-,10-/m1/s1. The zero-order chi connectivity index (χ0) is 14.2. The Morgan fingerprint density at radius 2 is 2.21 bits per heavy atom. The Hall–Kier alpha value is -1.48. The molecule has 4 N–H and O–H groups in total. The second-order valence-electron chi connectivity index (χ2n) is 4.57. The third-order valence-electron chi connectivity index (χ3n) is 3.28. The van der Waals surface area contributed by atoms with Crippen LogP contribution in [0, 0.1) is 5.92 Å². The maximum Gasteiger partial charge on any atom is 0.330 e. The summed E-state index contributed by atoms with van der Waals surface area (Å²) in [4.78, 5) is 24.8. The first kappa shape index (κ1) is 13.9. The second kappa shape index (κ2) is 5.25. The van der Waals surface area contributed by atoms with Crippen LogP contribution >= 0.6 is 0 Å². The average Bonchev–Trinajstić information content (AvgIpc) is 2.66. The minimum atomic E-state index is -1.10. The summed E-state index contributed by atoms with van der Waals surface area (Å²) in [5.74, 6) is -0.777. The van der Waals surface area contributed by atoms with Gasteiger partial charge in [-0.05, 0) is 6.92 Å². The highest BCUT2D eigenvalue weighted by atomic mass is 16.5. The fraction of sp³-hybridized carbons (Fsp3) is 0.636. The number of nitrogens with one attached hydrogen (secondary N) is 1. The Balaban J connectivity index is 2.42. The van der Waals surface area contributed by atoms with Gasteiger partial charge in [-0.1, -0.05) is 0 Å². The van der Waals surface area contributed by atoms with Gasteiger partial charge in [0.1, 0.15) is 12.3 Å². The smallest absolute Gasteiger partial charge is 0.330 e. The Labute approximate surface area is 107 Å². The Morgan fingerprint density at radius 1 is 1.53 bits per heavy atom. The second-order valence-corrected chi connectivity index (χ2v) is 4.57. The van der Waals surface area contributed by atoms with Crippen LogP contribution in [0.15, 0.2) is 21.9 Å². The van der Waals surface area contributed by atoms with Gasteiger partial charge in [-0.25, -0.2) is 4.79 Å². The molecule has 2 rings (SSSR count). The Morgan fingerprint density at radius 3 is 2.74 bits per heavy atom. The van der Waals surface area contributed by atoms with Crippen LogP contribution in [-0.2, 0) is 4.74 Å². The maximum atomic E-state index is 11.7. The summed E-state index contributed by atoms with van der Waals surface area (Å²) in [5.41, 5.74) is -1.25. The van der Waals surface area contributed by atoms with E-state index in [1.165, 1.54) is 13.1 Å². The van der Waals surface area contributed by atoms with Crippen LogP contribution in [0.5, 0.6) is 0 Å². The first-order chi connectivity index (χ1) is 8.95. The number of nitrogens with zero attached hydrogens (tertiary/aromatic N) is 1. The summed E-state index contributed by atoms with van der Waals surface area (Å²) in [6.45, 7) is 1.03. The zero-order valence-electron chi connectivity index (χ0n) is 10.3. The molecule has 2 unspecified atom stereocenters. The van der Waals surface area contributed by atoms with E-state index in [0.29, 0.717) is 0 Å². The minimum Gasteiger partial charge on any atom is -0.394 e. The van der Waals surface area contributed by atoms with E-state index in [4.69, 9.17) is 9.84 Å². The molecule has 0 bridgehead atoms. The molecule has 0 aromatic carbocycles. The van der Waals surface area contributed by atoms with Gasteiger partial charge in [-0.15, -0.1) is 0 Å². The van der Waals surface area contributed by atoms with E-state index in [9.17, 15) is 19.8 Å². The van der Waals surface area contributed by atoms with Crippen molar-refractivity contribution in [3.8, 4) is 0 Å². The largest absolute Gasteiger partial charge is 0.394 e. The molecule has 1 aliphatic rings. The lowest BCUT2D eigenvalue weighted by Crippen LogP contribution is -2.39. The number of aliphatic hydroxyl groups is 3. The number of hydrogen-bond acceptors (Lipinski definition) is 6. The van der Waals surface area contributed by atoms with E-state index >= 15 is 0 Å². The number of hydrogen-bond donors (Lipinski definition) is 4. The van der Waals surface area contributed by atoms with Gasteiger partial charge in [0.15, 0.2) is 0 Å². The van der Waals surface area contributed by atoms with Crippen molar-refractivity contribution in [2.75, 3.05) is 6.61 Å². The average molecular weight is 272 g/mol. The van der Waals surface area contributed by atoms with Gasteiger partial charge in [-0.2, -0.15) is 0 Å². The molecule has 2 heterocycles. The SMILES string of the molecule is CC(O)C1[C@H](n2ccc(=O)[nH]c2=O)O[C@H](CO)[C@H]1O. The summed E-state index contributed by atoms with van der Waals surface area (Å²) < 4.78 is 6.47. The van der Waals surface area contributed by atoms with Gasteiger partial charge >= 0.3 is 5.69 Å². The first-order valence-corrected chi connectivity index (χ1v) is 5.89.